The summed E-state index contributed by atoms with van der Waals surface area (Å²) in [6, 6.07) is 3.32. The van der Waals surface area contributed by atoms with E-state index in [0.29, 0.717) is 80.1 Å². The fourth-order valence-corrected chi connectivity index (χ4v) is 16.8. The molecule has 3 fully saturated rings. The van der Waals surface area contributed by atoms with Crippen molar-refractivity contribution in [3.63, 3.8) is 0 Å². The molecule has 4 aromatic heterocycles. The van der Waals surface area contributed by atoms with E-state index < -0.39 is 37.1 Å². The number of alkyl halides is 4. The van der Waals surface area contributed by atoms with Gasteiger partial charge in [-0.2, -0.15) is 28.2 Å². The first-order valence-corrected chi connectivity index (χ1v) is 23.7. The van der Waals surface area contributed by atoms with Crippen molar-refractivity contribution in [1.82, 2.24) is 30.0 Å². The lowest BCUT2D eigenvalue weighted by Gasteiger charge is -2.38. The molecule has 3 aliphatic heterocycles. The fraction of sp³-hybridized carbons (Fsp3) is 0.581. The van der Waals surface area contributed by atoms with Gasteiger partial charge in [-0.1, -0.05) is 47.5 Å². The summed E-state index contributed by atoms with van der Waals surface area (Å²) < 4.78 is 73.7. The fourth-order valence-electron chi connectivity index (χ4n) is 10.5. The highest BCUT2D eigenvalue weighted by Gasteiger charge is 2.49. The lowest BCUT2D eigenvalue weighted by atomic mass is 9.93. The highest BCUT2D eigenvalue weighted by Crippen LogP contribution is 2.49. The number of hydrogen-bond acceptors (Lipinski definition) is 10. The summed E-state index contributed by atoms with van der Waals surface area (Å²) in [5.41, 5.74) is 2.89. The van der Waals surface area contributed by atoms with Crippen molar-refractivity contribution < 1.29 is 32.1 Å². The second kappa shape index (κ2) is 15.2. The van der Waals surface area contributed by atoms with Crippen molar-refractivity contribution in [1.29, 1.82) is 0 Å². The van der Waals surface area contributed by atoms with Crippen molar-refractivity contribution in [2.75, 3.05) is 50.9 Å². The van der Waals surface area contributed by atoms with Crippen molar-refractivity contribution in [2.24, 2.45) is 0 Å². The van der Waals surface area contributed by atoms with E-state index in [1.54, 1.807) is 13.0 Å². The first-order valence-electron chi connectivity index (χ1n) is 20.6. The number of anilines is 1. The van der Waals surface area contributed by atoms with Crippen molar-refractivity contribution in [2.45, 2.75) is 115 Å². The van der Waals surface area contributed by atoms with Crippen LogP contribution in [0.3, 0.4) is 0 Å². The van der Waals surface area contributed by atoms with Crippen molar-refractivity contribution >= 4 is 56.4 Å². The number of nitrogens with zero attached hydrogens (tertiary/aromatic N) is 6. The average molecular weight is 852 g/mol. The van der Waals surface area contributed by atoms with Gasteiger partial charge in [-0.3, -0.25) is 15.0 Å². The van der Waals surface area contributed by atoms with Gasteiger partial charge in [0.2, 0.25) is 0 Å². The van der Waals surface area contributed by atoms with Crippen LogP contribution in [0.1, 0.15) is 84.5 Å². The van der Waals surface area contributed by atoms with Crippen LogP contribution in [-0.4, -0.2) is 107 Å². The van der Waals surface area contributed by atoms with Gasteiger partial charge < -0.3 is 19.5 Å². The molecule has 0 aliphatic carbocycles. The molecule has 59 heavy (non-hydrogen) atoms. The van der Waals surface area contributed by atoms with Crippen molar-refractivity contribution in [3.05, 3.63) is 35.2 Å². The zero-order valence-corrected chi connectivity index (χ0v) is 36.8. The number of H-pyrrole nitrogens is 1. The van der Waals surface area contributed by atoms with Crippen LogP contribution in [0, 0.1) is 18.4 Å². The molecular weight excluding hydrogens is 799 g/mol. The number of ether oxygens (including phenoxy) is 2. The molecule has 16 heteroatoms. The van der Waals surface area contributed by atoms with Gasteiger partial charge in [0.15, 0.2) is 0 Å². The number of aromatic amines is 1. The molecule has 2 N–H and O–H groups in total. The van der Waals surface area contributed by atoms with Gasteiger partial charge in [0.1, 0.15) is 42.8 Å². The molecule has 5 aromatic rings. The normalized spacial score (nSPS) is 23.3. The summed E-state index contributed by atoms with van der Waals surface area (Å²) in [5, 5.41) is 20.3. The molecule has 0 saturated carbocycles. The average Bonchev–Trinajstić information content (AvgIpc) is 3.88. The number of rotatable bonds is 8. The summed E-state index contributed by atoms with van der Waals surface area (Å²) >= 11 is 1.22. The SMILES string of the molecule is Cc1cc2n[nH]c(C#C[Si](C(C)C)(C(C)C)C(C)C)c2c(-c2nccc3c2sc2nc(OC[C@@]45CCCN4C[C@H](F)C5)nc(N4CCOC[C@@](C)(O)C4)c23)c1C(F)(F)F. The lowest BCUT2D eigenvalue weighted by Crippen LogP contribution is -2.43. The van der Waals surface area contributed by atoms with Gasteiger partial charge in [-0.15, -0.1) is 16.9 Å². The van der Waals surface area contributed by atoms with Crippen LogP contribution in [0.15, 0.2) is 18.3 Å². The molecular formula is C43H53F4N7O3SSi. The molecule has 0 bridgehead atoms. The molecule has 316 valence electrons. The molecule has 3 saturated heterocycles. The van der Waals surface area contributed by atoms with E-state index >= 15 is 13.2 Å². The zero-order chi connectivity index (χ0) is 42.2. The number of β-amino-alcohol motifs (C(OH)–C–C–N with tert-alkyl or cyclic N) is 1. The molecule has 3 atom stereocenters. The van der Waals surface area contributed by atoms with E-state index in [1.807, 2.05) is 4.90 Å². The molecule has 10 nitrogen and oxygen atoms in total. The highest BCUT2D eigenvalue weighted by atomic mass is 32.1. The number of nitrogens with one attached hydrogen (secondary N) is 1. The number of halogens is 4. The first kappa shape index (κ1) is 41.8. The van der Waals surface area contributed by atoms with Gasteiger partial charge in [-0.05, 0) is 67.6 Å². The number of benzene rings is 1. The van der Waals surface area contributed by atoms with Crippen LogP contribution in [-0.2, 0) is 10.9 Å². The quantitative estimate of drug-likeness (QED) is 0.0897. The zero-order valence-electron chi connectivity index (χ0n) is 35.0. The summed E-state index contributed by atoms with van der Waals surface area (Å²) in [7, 11) is -2.29. The van der Waals surface area contributed by atoms with Gasteiger partial charge >= 0.3 is 12.2 Å². The van der Waals surface area contributed by atoms with E-state index in [4.69, 9.17) is 24.4 Å². The van der Waals surface area contributed by atoms with Gasteiger partial charge in [0.25, 0.3) is 0 Å². The Hall–Kier alpha value is -3.88. The first-order chi connectivity index (χ1) is 27.8. The predicted octanol–water partition coefficient (Wildman–Crippen LogP) is 9.22. The number of aliphatic hydroxyl groups is 1. The summed E-state index contributed by atoms with van der Waals surface area (Å²) in [6.45, 7) is 18.7. The molecule has 3 aliphatic rings. The monoisotopic (exact) mass is 851 g/mol. The summed E-state index contributed by atoms with van der Waals surface area (Å²) in [6.07, 6.45) is -2.04. The number of aryl methyl sites for hydroxylation is 1. The van der Waals surface area contributed by atoms with Gasteiger partial charge in [0, 0.05) is 42.0 Å². The van der Waals surface area contributed by atoms with E-state index in [0.717, 1.165) is 19.4 Å². The number of thiophene rings is 1. The van der Waals surface area contributed by atoms with Gasteiger partial charge in [-0.25, -0.2) is 4.39 Å². The maximum absolute atomic E-state index is 15.5. The Morgan fingerprint density at radius 2 is 1.86 bits per heavy atom. The topological polar surface area (TPSA) is 113 Å². The minimum absolute atomic E-state index is 0.0203. The molecule has 7 heterocycles. The van der Waals surface area contributed by atoms with Crippen LogP contribution in [0.5, 0.6) is 6.01 Å². The summed E-state index contributed by atoms with van der Waals surface area (Å²) in [5.74, 6) is 3.82. The Balaban J connectivity index is 1.36. The molecule has 0 unspecified atom stereocenters. The third-order valence-corrected chi connectivity index (χ3v) is 20.4. The molecule has 8 rings (SSSR count). The third kappa shape index (κ3) is 7.28. The minimum atomic E-state index is -4.74. The Kier molecular flexibility index (Phi) is 10.8. The number of aromatic nitrogens is 5. The van der Waals surface area contributed by atoms with E-state index in [2.05, 4.69) is 68.1 Å². The van der Waals surface area contributed by atoms with Crippen LogP contribution in [0.2, 0.25) is 16.6 Å². The number of hydrogen-bond donors (Lipinski definition) is 2. The standard InChI is InChI=1S/C43H53F4N7O3SSi/c1-24(2)59(25(3)4,26(5)6)17-11-30-33-31(52-51-30)18-27(7)35(43(45,46)47)34(33)36-37-29(10-13-48-36)32-38(53-15-16-56-22-41(8,55)21-53)49-40(50-39(32)58-37)57-23-42-12-9-14-54(42)20-28(44)19-42/h10,13,18,24-26,28,55H,9,12,14-16,19-23H2,1-8H3,(H,51,52)/t28-,41+,42+/m1/s1. The second-order valence-corrected chi connectivity index (χ2v) is 24.6. The van der Waals surface area contributed by atoms with E-state index in [-0.39, 0.29) is 48.0 Å². The lowest BCUT2D eigenvalue weighted by molar-refractivity contribution is -0.137. The van der Waals surface area contributed by atoms with E-state index in [1.165, 1.54) is 30.5 Å². The molecule has 0 amide bonds. The summed E-state index contributed by atoms with van der Waals surface area (Å²) in [4.78, 5) is 19.1. The smallest absolute Gasteiger partial charge is 0.417 e. The van der Waals surface area contributed by atoms with Crippen LogP contribution in [0.4, 0.5) is 23.4 Å². The van der Waals surface area contributed by atoms with Crippen LogP contribution >= 0.6 is 11.3 Å². The second-order valence-electron chi connectivity index (χ2n) is 18.1. The molecule has 1 aromatic carbocycles. The Morgan fingerprint density at radius 1 is 1.12 bits per heavy atom. The maximum Gasteiger partial charge on any atom is 0.417 e. The maximum atomic E-state index is 15.5. The number of pyridine rings is 1. The molecule has 0 spiro atoms. The predicted molar refractivity (Wildman–Crippen MR) is 228 cm³/mol. The third-order valence-electron chi connectivity index (χ3n) is 13.0. The van der Waals surface area contributed by atoms with E-state index in [9.17, 15) is 9.50 Å². The Morgan fingerprint density at radius 3 is 2.58 bits per heavy atom. The highest BCUT2D eigenvalue weighted by molar-refractivity contribution is 7.26. The Labute approximate surface area is 347 Å². The van der Waals surface area contributed by atoms with Gasteiger partial charge in [0.05, 0.1) is 52.2 Å². The Bertz CT molecular complexity index is 2450. The van der Waals surface area contributed by atoms with Crippen LogP contribution in [0.25, 0.3) is 42.5 Å². The van der Waals surface area contributed by atoms with Crippen LogP contribution < -0.4 is 9.64 Å². The number of fused-ring (bicyclic) bond motifs is 5. The van der Waals surface area contributed by atoms with Crippen molar-refractivity contribution in [3.8, 4) is 28.7 Å². The minimum Gasteiger partial charge on any atom is -0.461 e. The molecule has 0 radical (unpaired) electrons. The largest absolute Gasteiger partial charge is 0.461 e.